The molecule has 0 unspecified atom stereocenters. The monoisotopic (exact) mass is 261 g/mol. The minimum atomic E-state index is 0.760. The summed E-state index contributed by atoms with van der Waals surface area (Å²) in [5, 5.41) is 0. The van der Waals surface area contributed by atoms with Gasteiger partial charge in [-0.15, -0.1) is 0 Å². The molecule has 0 bridgehead atoms. The Labute approximate surface area is 118 Å². The number of hydrogen-bond acceptors (Lipinski definition) is 3. The van der Waals surface area contributed by atoms with Crippen LogP contribution < -0.4 is 5.73 Å². The van der Waals surface area contributed by atoms with E-state index in [4.69, 9.17) is 10.7 Å². The smallest absolute Gasteiger partial charge is 0.0710 e. The Morgan fingerprint density at radius 3 is 2.25 bits per heavy atom. The van der Waals surface area contributed by atoms with Gasteiger partial charge in [-0.05, 0) is 55.0 Å². The average molecular weight is 261 g/mol. The van der Waals surface area contributed by atoms with Crippen molar-refractivity contribution in [1.82, 2.24) is 9.97 Å². The Morgan fingerprint density at radius 1 is 0.850 bits per heavy atom. The molecule has 3 heteroatoms. The fraction of sp³-hybridized carbons (Fsp3) is 0.0588. The number of hydrogen-bond donors (Lipinski definition) is 1. The van der Waals surface area contributed by atoms with Crippen molar-refractivity contribution >= 4 is 5.69 Å². The molecule has 98 valence electrons. The highest BCUT2D eigenvalue weighted by atomic mass is 14.7. The molecule has 0 aliphatic rings. The topological polar surface area (TPSA) is 51.8 Å². The van der Waals surface area contributed by atoms with Crippen molar-refractivity contribution in [3.05, 3.63) is 66.5 Å². The van der Waals surface area contributed by atoms with Gasteiger partial charge in [0.2, 0.25) is 0 Å². The number of anilines is 1. The first kappa shape index (κ1) is 12.4. The number of nitrogens with zero attached hydrogens (tertiary/aromatic N) is 2. The van der Waals surface area contributed by atoms with Crippen molar-refractivity contribution in [3.63, 3.8) is 0 Å². The molecule has 0 saturated heterocycles. The Bertz CT molecular complexity index is 716. The van der Waals surface area contributed by atoms with Crippen LogP contribution in [-0.4, -0.2) is 9.97 Å². The molecule has 0 saturated carbocycles. The van der Waals surface area contributed by atoms with Gasteiger partial charge in [0.15, 0.2) is 0 Å². The number of pyridine rings is 2. The molecular weight excluding hydrogens is 246 g/mol. The van der Waals surface area contributed by atoms with Crippen LogP contribution in [-0.2, 0) is 0 Å². The predicted molar refractivity (Wildman–Crippen MR) is 82.1 cm³/mol. The number of nitrogen functional groups attached to an aromatic ring is 1. The van der Waals surface area contributed by atoms with Crippen LogP contribution in [0.4, 0.5) is 5.69 Å². The Kier molecular flexibility index (Phi) is 3.17. The quantitative estimate of drug-likeness (QED) is 0.715. The van der Waals surface area contributed by atoms with Crippen LogP contribution >= 0.6 is 0 Å². The summed E-state index contributed by atoms with van der Waals surface area (Å²) in [4.78, 5) is 8.74. The molecule has 0 amide bonds. The molecule has 3 nitrogen and oxygen atoms in total. The first-order valence-electron chi connectivity index (χ1n) is 6.47. The van der Waals surface area contributed by atoms with Gasteiger partial charge in [0.1, 0.15) is 0 Å². The zero-order valence-corrected chi connectivity index (χ0v) is 11.2. The summed E-state index contributed by atoms with van der Waals surface area (Å²) in [6, 6.07) is 15.9. The lowest BCUT2D eigenvalue weighted by molar-refractivity contribution is 1.28. The normalized spacial score (nSPS) is 10.4. The Morgan fingerprint density at radius 2 is 1.55 bits per heavy atom. The molecule has 20 heavy (non-hydrogen) atoms. The SMILES string of the molecule is Cc1cc(N)cc(-c2cccc(-c3ccncc3)n2)c1. The van der Waals surface area contributed by atoms with Gasteiger partial charge >= 0.3 is 0 Å². The lowest BCUT2D eigenvalue weighted by atomic mass is 10.1. The van der Waals surface area contributed by atoms with Gasteiger partial charge in [0, 0.05) is 29.2 Å². The summed E-state index contributed by atoms with van der Waals surface area (Å²) in [7, 11) is 0. The van der Waals surface area contributed by atoms with Crippen LogP contribution in [0, 0.1) is 6.92 Å². The molecule has 1 aromatic carbocycles. The van der Waals surface area contributed by atoms with Crippen molar-refractivity contribution in [1.29, 1.82) is 0 Å². The molecule has 0 spiro atoms. The number of aromatic nitrogens is 2. The van der Waals surface area contributed by atoms with E-state index in [1.807, 2.05) is 49.4 Å². The Hall–Kier alpha value is -2.68. The first-order chi connectivity index (χ1) is 9.72. The molecule has 2 aromatic heterocycles. The largest absolute Gasteiger partial charge is 0.399 e. The van der Waals surface area contributed by atoms with Gasteiger partial charge in [-0.3, -0.25) is 4.98 Å². The van der Waals surface area contributed by atoms with Gasteiger partial charge in [-0.2, -0.15) is 0 Å². The zero-order chi connectivity index (χ0) is 13.9. The van der Waals surface area contributed by atoms with Crippen molar-refractivity contribution in [2.24, 2.45) is 0 Å². The van der Waals surface area contributed by atoms with Crippen LogP contribution in [0.1, 0.15) is 5.56 Å². The highest BCUT2D eigenvalue weighted by Crippen LogP contribution is 2.24. The second kappa shape index (κ2) is 5.13. The second-order valence-electron chi connectivity index (χ2n) is 4.78. The summed E-state index contributed by atoms with van der Waals surface area (Å²) < 4.78 is 0. The predicted octanol–water partition coefficient (Wildman–Crippen LogP) is 3.70. The first-order valence-corrected chi connectivity index (χ1v) is 6.47. The minimum Gasteiger partial charge on any atom is -0.399 e. The summed E-state index contributed by atoms with van der Waals surface area (Å²) in [6.07, 6.45) is 3.54. The van der Waals surface area contributed by atoms with E-state index in [9.17, 15) is 0 Å². The molecule has 2 heterocycles. The van der Waals surface area contributed by atoms with E-state index >= 15 is 0 Å². The fourth-order valence-electron chi connectivity index (χ4n) is 2.24. The van der Waals surface area contributed by atoms with Crippen molar-refractivity contribution in [2.75, 3.05) is 5.73 Å². The molecule has 3 aromatic rings. The highest BCUT2D eigenvalue weighted by molar-refractivity contribution is 5.69. The third-order valence-corrected chi connectivity index (χ3v) is 3.12. The molecule has 0 atom stereocenters. The van der Waals surface area contributed by atoms with E-state index in [1.165, 1.54) is 0 Å². The molecule has 2 N–H and O–H groups in total. The lowest BCUT2D eigenvalue weighted by Gasteiger charge is -2.07. The lowest BCUT2D eigenvalue weighted by Crippen LogP contribution is -1.91. The van der Waals surface area contributed by atoms with Crippen LogP contribution in [0.25, 0.3) is 22.5 Å². The third kappa shape index (κ3) is 2.52. The van der Waals surface area contributed by atoms with E-state index in [-0.39, 0.29) is 0 Å². The van der Waals surface area contributed by atoms with E-state index in [0.29, 0.717) is 0 Å². The zero-order valence-electron chi connectivity index (χ0n) is 11.2. The van der Waals surface area contributed by atoms with Crippen molar-refractivity contribution < 1.29 is 0 Å². The fourth-order valence-corrected chi connectivity index (χ4v) is 2.24. The molecule has 0 aliphatic heterocycles. The van der Waals surface area contributed by atoms with Gasteiger partial charge in [0.05, 0.1) is 11.4 Å². The van der Waals surface area contributed by atoms with Crippen LogP contribution in [0.3, 0.4) is 0 Å². The van der Waals surface area contributed by atoms with Gasteiger partial charge in [0.25, 0.3) is 0 Å². The Balaban J connectivity index is 2.07. The molecular formula is C17H15N3. The third-order valence-electron chi connectivity index (χ3n) is 3.12. The van der Waals surface area contributed by atoms with Crippen molar-refractivity contribution in [3.8, 4) is 22.5 Å². The average Bonchev–Trinajstić information content (AvgIpc) is 2.47. The van der Waals surface area contributed by atoms with Crippen molar-refractivity contribution in [2.45, 2.75) is 6.92 Å². The summed E-state index contributed by atoms with van der Waals surface area (Å²) >= 11 is 0. The van der Waals surface area contributed by atoms with Gasteiger partial charge in [-0.1, -0.05) is 6.07 Å². The summed E-state index contributed by atoms with van der Waals surface area (Å²) in [5.74, 6) is 0. The van der Waals surface area contributed by atoms with E-state index in [2.05, 4.69) is 11.1 Å². The van der Waals surface area contributed by atoms with E-state index in [0.717, 1.165) is 33.8 Å². The maximum absolute atomic E-state index is 5.91. The van der Waals surface area contributed by atoms with Crippen LogP contribution in [0.15, 0.2) is 60.9 Å². The second-order valence-corrected chi connectivity index (χ2v) is 4.78. The maximum Gasteiger partial charge on any atom is 0.0710 e. The molecule has 0 aliphatic carbocycles. The number of nitrogens with two attached hydrogens (primary N) is 1. The number of benzene rings is 1. The van der Waals surface area contributed by atoms with E-state index in [1.54, 1.807) is 12.4 Å². The number of aryl methyl sites for hydroxylation is 1. The number of rotatable bonds is 2. The molecule has 3 rings (SSSR count). The maximum atomic E-state index is 5.91. The minimum absolute atomic E-state index is 0.760. The van der Waals surface area contributed by atoms with Gasteiger partial charge in [-0.25, -0.2) is 4.98 Å². The molecule has 0 radical (unpaired) electrons. The highest BCUT2D eigenvalue weighted by Gasteiger charge is 2.04. The summed E-state index contributed by atoms with van der Waals surface area (Å²) in [6.45, 7) is 2.03. The van der Waals surface area contributed by atoms with Crippen LogP contribution in [0.2, 0.25) is 0 Å². The van der Waals surface area contributed by atoms with Crippen LogP contribution in [0.5, 0.6) is 0 Å². The summed E-state index contributed by atoms with van der Waals surface area (Å²) in [5.41, 5.74) is 11.8. The standard InChI is InChI=1S/C17H15N3/c1-12-9-14(11-15(18)10-12)17-4-2-3-16(20-17)13-5-7-19-8-6-13/h2-11H,18H2,1H3. The molecule has 0 fully saturated rings. The van der Waals surface area contributed by atoms with E-state index < -0.39 is 0 Å². The van der Waals surface area contributed by atoms with Gasteiger partial charge < -0.3 is 5.73 Å².